The Balaban J connectivity index is 2.04. The number of nitrogens with one attached hydrogen (secondary N) is 2. The second kappa shape index (κ2) is 4.93. The van der Waals surface area contributed by atoms with Crippen LogP contribution in [0.1, 0.15) is 15.9 Å². The Morgan fingerprint density at radius 2 is 2.24 bits per heavy atom. The van der Waals surface area contributed by atoms with Crippen molar-refractivity contribution in [2.75, 3.05) is 5.73 Å². The van der Waals surface area contributed by atoms with E-state index < -0.39 is 0 Å². The fourth-order valence-electron chi connectivity index (χ4n) is 1.50. The molecule has 0 unspecified atom stereocenters. The van der Waals surface area contributed by atoms with E-state index in [2.05, 4.69) is 10.3 Å². The standard InChI is InChI=1S/C12H12ClN3O/c13-10-3-9(4-11(14)5-10)12(17)16-7-8-1-2-15-6-8/h1-6,15H,7,14H2,(H,16,17). The largest absolute Gasteiger partial charge is 0.399 e. The van der Waals surface area contributed by atoms with Crippen LogP contribution in [0.4, 0.5) is 5.69 Å². The number of benzene rings is 1. The van der Waals surface area contributed by atoms with E-state index in [1.54, 1.807) is 24.4 Å². The van der Waals surface area contributed by atoms with Crippen LogP contribution < -0.4 is 11.1 Å². The molecule has 0 spiro atoms. The van der Waals surface area contributed by atoms with Crippen molar-refractivity contribution in [2.24, 2.45) is 0 Å². The molecule has 88 valence electrons. The summed E-state index contributed by atoms with van der Waals surface area (Å²) in [5, 5.41) is 3.24. The molecule has 2 rings (SSSR count). The molecule has 1 aromatic heterocycles. The molecular formula is C12H12ClN3O. The lowest BCUT2D eigenvalue weighted by molar-refractivity contribution is 0.0951. The molecule has 1 aromatic carbocycles. The van der Waals surface area contributed by atoms with Crippen molar-refractivity contribution < 1.29 is 4.79 Å². The molecule has 5 heteroatoms. The lowest BCUT2D eigenvalue weighted by Gasteiger charge is -2.05. The van der Waals surface area contributed by atoms with Crippen molar-refractivity contribution in [3.05, 3.63) is 52.8 Å². The van der Waals surface area contributed by atoms with Gasteiger partial charge in [-0.3, -0.25) is 4.79 Å². The molecule has 2 aromatic rings. The van der Waals surface area contributed by atoms with Crippen molar-refractivity contribution >= 4 is 23.2 Å². The summed E-state index contributed by atoms with van der Waals surface area (Å²) in [4.78, 5) is 14.7. The Morgan fingerprint density at radius 1 is 1.41 bits per heavy atom. The van der Waals surface area contributed by atoms with E-state index in [1.165, 1.54) is 0 Å². The SMILES string of the molecule is Nc1cc(Cl)cc(C(=O)NCc2cc[nH]c2)c1. The fraction of sp³-hybridized carbons (Fsp3) is 0.0833. The van der Waals surface area contributed by atoms with Crippen LogP contribution in [0.5, 0.6) is 0 Å². The quantitative estimate of drug-likeness (QED) is 0.730. The van der Waals surface area contributed by atoms with E-state index in [9.17, 15) is 4.79 Å². The minimum Gasteiger partial charge on any atom is -0.399 e. The van der Waals surface area contributed by atoms with Crippen LogP contribution in [0.3, 0.4) is 0 Å². The maximum absolute atomic E-state index is 11.8. The van der Waals surface area contributed by atoms with Gasteiger partial charge in [0.05, 0.1) is 0 Å². The highest BCUT2D eigenvalue weighted by Gasteiger charge is 2.07. The molecule has 0 bridgehead atoms. The first-order valence-corrected chi connectivity index (χ1v) is 5.49. The highest BCUT2D eigenvalue weighted by molar-refractivity contribution is 6.31. The molecule has 0 radical (unpaired) electrons. The summed E-state index contributed by atoms with van der Waals surface area (Å²) in [7, 11) is 0. The second-order valence-electron chi connectivity index (χ2n) is 3.68. The molecular weight excluding hydrogens is 238 g/mol. The first-order valence-electron chi connectivity index (χ1n) is 5.11. The third kappa shape index (κ3) is 3.01. The van der Waals surface area contributed by atoms with Crippen LogP contribution in [0.25, 0.3) is 0 Å². The lowest BCUT2D eigenvalue weighted by atomic mass is 10.2. The van der Waals surface area contributed by atoms with Crippen LogP contribution in [-0.2, 0) is 6.54 Å². The zero-order valence-corrected chi connectivity index (χ0v) is 9.79. The van der Waals surface area contributed by atoms with Crippen molar-refractivity contribution in [1.82, 2.24) is 10.3 Å². The zero-order chi connectivity index (χ0) is 12.3. The number of aromatic amines is 1. The smallest absolute Gasteiger partial charge is 0.251 e. The normalized spacial score (nSPS) is 10.2. The highest BCUT2D eigenvalue weighted by Crippen LogP contribution is 2.16. The van der Waals surface area contributed by atoms with E-state index in [0.29, 0.717) is 22.8 Å². The molecule has 0 saturated heterocycles. The second-order valence-corrected chi connectivity index (χ2v) is 4.11. The highest BCUT2D eigenvalue weighted by atomic mass is 35.5. The average Bonchev–Trinajstić information content (AvgIpc) is 2.77. The third-order valence-electron chi connectivity index (χ3n) is 2.30. The van der Waals surface area contributed by atoms with Crippen molar-refractivity contribution in [3.63, 3.8) is 0 Å². The number of carbonyl (C=O) groups is 1. The van der Waals surface area contributed by atoms with Gasteiger partial charge >= 0.3 is 0 Å². The molecule has 0 fully saturated rings. The Kier molecular flexibility index (Phi) is 3.35. The van der Waals surface area contributed by atoms with Gasteiger partial charge in [-0.1, -0.05) is 11.6 Å². The predicted octanol–water partition coefficient (Wildman–Crippen LogP) is 2.18. The maximum atomic E-state index is 11.8. The topological polar surface area (TPSA) is 70.9 Å². The number of halogens is 1. The average molecular weight is 250 g/mol. The number of H-pyrrole nitrogens is 1. The number of aromatic nitrogens is 1. The van der Waals surface area contributed by atoms with Gasteiger partial charge in [0.15, 0.2) is 0 Å². The Hall–Kier alpha value is -1.94. The molecule has 0 aliphatic carbocycles. The van der Waals surface area contributed by atoms with Gasteiger partial charge < -0.3 is 16.0 Å². The van der Waals surface area contributed by atoms with Gasteiger partial charge in [-0.2, -0.15) is 0 Å². The molecule has 4 nitrogen and oxygen atoms in total. The van der Waals surface area contributed by atoms with Gasteiger partial charge in [0.1, 0.15) is 0 Å². The summed E-state index contributed by atoms with van der Waals surface area (Å²) < 4.78 is 0. The summed E-state index contributed by atoms with van der Waals surface area (Å²) in [6, 6.07) is 6.68. The van der Waals surface area contributed by atoms with Crippen molar-refractivity contribution in [3.8, 4) is 0 Å². The molecule has 0 saturated carbocycles. The summed E-state index contributed by atoms with van der Waals surface area (Å²) in [6.07, 6.45) is 3.63. The lowest BCUT2D eigenvalue weighted by Crippen LogP contribution is -2.22. The molecule has 17 heavy (non-hydrogen) atoms. The molecule has 1 heterocycles. The van der Waals surface area contributed by atoms with Crippen LogP contribution in [0, 0.1) is 0 Å². The van der Waals surface area contributed by atoms with E-state index in [-0.39, 0.29) is 5.91 Å². The number of rotatable bonds is 3. The first kappa shape index (κ1) is 11.5. The molecule has 1 amide bonds. The Morgan fingerprint density at radius 3 is 2.88 bits per heavy atom. The summed E-state index contributed by atoms with van der Waals surface area (Å²) in [6.45, 7) is 0.467. The molecule has 4 N–H and O–H groups in total. The van der Waals surface area contributed by atoms with Gasteiger partial charge in [0.2, 0.25) is 0 Å². The van der Waals surface area contributed by atoms with Gasteiger partial charge in [-0.05, 0) is 29.8 Å². The van der Waals surface area contributed by atoms with Crippen LogP contribution in [0.15, 0.2) is 36.7 Å². The molecule has 0 atom stereocenters. The van der Waals surface area contributed by atoms with Crippen LogP contribution in [0.2, 0.25) is 5.02 Å². The van der Waals surface area contributed by atoms with E-state index in [4.69, 9.17) is 17.3 Å². The molecule has 0 aliphatic rings. The van der Waals surface area contributed by atoms with E-state index in [1.807, 2.05) is 12.3 Å². The maximum Gasteiger partial charge on any atom is 0.251 e. The Labute approximate surface area is 104 Å². The van der Waals surface area contributed by atoms with Crippen LogP contribution in [-0.4, -0.2) is 10.9 Å². The predicted molar refractivity (Wildman–Crippen MR) is 67.8 cm³/mol. The number of nitrogens with two attached hydrogens (primary N) is 1. The third-order valence-corrected chi connectivity index (χ3v) is 2.52. The number of amides is 1. The van der Waals surface area contributed by atoms with E-state index in [0.717, 1.165) is 5.56 Å². The summed E-state index contributed by atoms with van der Waals surface area (Å²) in [5.41, 5.74) is 7.57. The number of carbonyl (C=O) groups excluding carboxylic acids is 1. The Bertz CT molecular complexity index is 502. The number of nitrogen functional groups attached to an aromatic ring is 1. The number of anilines is 1. The van der Waals surface area contributed by atoms with Gasteiger partial charge in [0, 0.05) is 35.2 Å². The van der Waals surface area contributed by atoms with Gasteiger partial charge in [-0.25, -0.2) is 0 Å². The molecule has 0 aliphatic heterocycles. The van der Waals surface area contributed by atoms with Crippen LogP contribution >= 0.6 is 11.6 Å². The zero-order valence-electron chi connectivity index (χ0n) is 9.03. The van der Waals surface area contributed by atoms with Crippen molar-refractivity contribution in [1.29, 1.82) is 0 Å². The minimum atomic E-state index is -0.194. The fourth-order valence-corrected chi connectivity index (χ4v) is 1.74. The van der Waals surface area contributed by atoms with E-state index >= 15 is 0 Å². The number of hydrogen-bond acceptors (Lipinski definition) is 2. The number of hydrogen-bond donors (Lipinski definition) is 3. The van der Waals surface area contributed by atoms with Gasteiger partial charge in [-0.15, -0.1) is 0 Å². The summed E-state index contributed by atoms with van der Waals surface area (Å²) in [5.74, 6) is -0.194. The van der Waals surface area contributed by atoms with Gasteiger partial charge in [0.25, 0.3) is 5.91 Å². The van der Waals surface area contributed by atoms with Crippen molar-refractivity contribution in [2.45, 2.75) is 6.54 Å². The summed E-state index contributed by atoms with van der Waals surface area (Å²) >= 11 is 5.83. The first-order chi connectivity index (χ1) is 8.15. The minimum absolute atomic E-state index is 0.194. The monoisotopic (exact) mass is 249 g/mol.